The third kappa shape index (κ3) is 2.54. The summed E-state index contributed by atoms with van der Waals surface area (Å²) >= 11 is 3.32. The van der Waals surface area contributed by atoms with Gasteiger partial charge in [0.05, 0.1) is 12.7 Å². The van der Waals surface area contributed by atoms with Crippen molar-refractivity contribution in [3.63, 3.8) is 0 Å². The van der Waals surface area contributed by atoms with E-state index in [-0.39, 0.29) is 0 Å². The van der Waals surface area contributed by atoms with Crippen LogP contribution in [0.5, 0.6) is 0 Å². The van der Waals surface area contributed by atoms with Crippen LogP contribution in [0.3, 0.4) is 0 Å². The van der Waals surface area contributed by atoms with Gasteiger partial charge in [0.1, 0.15) is 5.00 Å². The van der Waals surface area contributed by atoms with E-state index in [1.807, 2.05) is 0 Å². The van der Waals surface area contributed by atoms with E-state index in [1.54, 1.807) is 28.9 Å². The molecule has 0 unspecified atom stereocenters. The summed E-state index contributed by atoms with van der Waals surface area (Å²) in [5.74, 6) is 0. The summed E-state index contributed by atoms with van der Waals surface area (Å²) in [5.41, 5.74) is 5.72. The number of hydrogen-bond donors (Lipinski definition) is 1. The molecule has 0 bridgehead atoms. The zero-order chi connectivity index (χ0) is 11.5. The van der Waals surface area contributed by atoms with Gasteiger partial charge in [-0.3, -0.25) is 0 Å². The van der Waals surface area contributed by atoms with Gasteiger partial charge in [-0.15, -0.1) is 11.3 Å². The molecule has 0 saturated carbocycles. The largest absolute Gasteiger partial charge is 0.389 e. The monoisotopic (exact) mass is 253 g/mol. The van der Waals surface area contributed by atoms with Crippen molar-refractivity contribution in [1.29, 1.82) is 0 Å². The van der Waals surface area contributed by atoms with Gasteiger partial charge in [0.25, 0.3) is 0 Å². The summed E-state index contributed by atoms with van der Waals surface area (Å²) in [6.07, 6.45) is 1.73. The molecule has 2 rings (SSSR count). The number of anilines is 2. The van der Waals surface area contributed by atoms with Gasteiger partial charge < -0.3 is 10.6 Å². The minimum atomic E-state index is 0.424. The first kappa shape index (κ1) is 11.4. The Bertz CT molecular complexity index is 434. The van der Waals surface area contributed by atoms with Gasteiger partial charge in [-0.25, -0.2) is 4.98 Å². The Morgan fingerprint density at radius 2 is 2.31 bits per heavy atom. The summed E-state index contributed by atoms with van der Waals surface area (Å²) in [5, 5.41) is 3.87. The maximum Gasteiger partial charge on any atom is 0.187 e. The van der Waals surface area contributed by atoms with E-state index in [4.69, 9.17) is 5.73 Å². The Balaban J connectivity index is 2.18. The number of thiophene rings is 1. The van der Waals surface area contributed by atoms with Gasteiger partial charge in [-0.2, -0.15) is 0 Å². The Labute approximate surface area is 104 Å². The standard InChI is InChI=1S/C11H15N3S2/c1-8(2)14(7-9-4-3-5-15-9)11-13-6-10(12)16-11/h3-6,8H,7,12H2,1-2H3. The molecule has 2 aromatic rings. The SMILES string of the molecule is CC(C)N(Cc1cccs1)c1ncc(N)s1. The number of thiazole rings is 1. The Morgan fingerprint density at radius 1 is 1.50 bits per heavy atom. The lowest BCUT2D eigenvalue weighted by molar-refractivity contribution is 0.685. The van der Waals surface area contributed by atoms with Crippen LogP contribution in [-0.4, -0.2) is 11.0 Å². The first-order valence-electron chi connectivity index (χ1n) is 5.17. The van der Waals surface area contributed by atoms with Crippen molar-refractivity contribution in [2.24, 2.45) is 0 Å². The summed E-state index contributed by atoms with van der Waals surface area (Å²) in [7, 11) is 0. The van der Waals surface area contributed by atoms with Gasteiger partial charge in [-0.05, 0) is 25.3 Å². The molecule has 0 aromatic carbocycles. The highest BCUT2D eigenvalue weighted by atomic mass is 32.1. The van der Waals surface area contributed by atoms with E-state index in [0.29, 0.717) is 6.04 Å². The molecule has 2 aromatic heterocycles. The second-order valence-corrected chi connectivity index (χ2v) is 5.92. The van der Waals surface area contributed by atoms with E-state index >= 15 is 0 Å². The van der Waals surface area contributed by atoms with Crippen molar-refractivity contribution in [1.82, 2.24) is 4.98 Å². The van der Waals surface area contributed by atoms with Gasteiger partial charge >= 0.3 is 0 Å². The Kier molecular flexibility index (Phi) is 3.46. The third-order valence-corrected chi connectivity index (χ3v) is 4.01. The van der Waals surface area contributed by atoms with Crippen molar-refractivity contribution < 1.29 is 0 Å². The zero-order valence-corrected chi connectivity index (χ0v) is 11.0. The van der Waals surface area contributed by atoms with Crippen LogP contribution >= 0.6 is 22.7 Å². The maximum absolute atomic E-state index is 5.72. The average Bonchev–Trinajstić information content (AvgIpc) is 2.84. The third-order valence-electron chi connectivity index (χ3n) is 2.29. The lowest BCUT2D eigenvalue weighted by Gasteiger charge is -2.25. The highest BCUT2D eigenvalue weighted by molar-refractivity contribution is 7.19. The van der Waals surface area contributed by atoms with Crippen molar-refractivity contribution in [2.75, 3.05) is 10.6 Å². The molecule has 5 heteroatoms. The minimum absolute atomic E-state index is 0.424. The van der Waals surface area contributed by atoms with Crippen LogP contribution in [0.25, 0.3) is 0 Å². The Hall–Kier alpha value is -1.07. The van der Waals surface area contributed by atoms with Crippen LogP contribution in [0.15, 0.2) is 23.7 Å². The molecule has 0 atom stereocenters. The highest BCUT2D eigenvalue weighted by Crippen LogP contribution is 2.27. The molecule has 0 aliphatic rings. The molecule has 16 heavy (non-hydrogen) atoms. The summed E-state index contributed by atoms with van der Waals surface area (Å²) in [4.78, 5) is 7.96. The van der Waals surface area contributed by atoms with Gasteiger partial charge in [0.15, 0.2) is 5.13 Å². The fraction of sp³-hybridized carbons (Fsp3) is 0.364. The predicted molar refractivity (Wildman–Crippen MR) is 72.2 cm³/mol. The zero-order valence-electron chi connectivity index (χ0n) is 9.38. The molecular formula is C11H15N3S2. The lowest BCUT2D eigenvalue weighted by Crippen LogP contribution is -2.29. The molecule has 0 radical (unpaired) electrons. The summed E-state index contributed by atoms with van der Waals surface area (Å²) < 4.78 is 0. The Morgan fingerprint density at radius 3 is 2.81 bits per heavy atom. The van der Waals surface area contributed by atoms with Crippen LogP contribution in [0, 0.1) is 0 Å². The predicted octanol–water partition coefficient (Wildman–Crippen LogP) is 3.20. The number of nitrogen functional groups attached to an aromatic ring is 1. The molecular weight excluding hydrogens is 238 g/mol. The quantitative estimate of drug-likeness (QED) is 0.910. The van der Waals surface area contributed by atoms with E-state index in [9.17, 15) is 0 Å². The summed E-state index contributed by atoms with van der Waals surface area (Å²) in [6, 6.07) is 4.65. The molecule has 3 nitrogen and oxygen atoms in total. The number of nitrogens with zero attached hydrogens (tertiary/aromatic N) is 2. The molecule has 2 heterocycles. The molecule has 86 valence electrons. The van der Waals surface area contributed by atoms with Crippen LogP contribution in [0.1, 0.15) is 18.7 Å². The van der Waals surface area contributed by atoms with Crippen molar-refractivity contribution in [3.05, 3.63) is 28.6 Å². The van der Waals surface area contributed by atoms with Crippen molar-refractivity contribution >= 4 is 32.8 Å². The first-order valence-corrected chi connectivity index (χ1v) is 6.87. The molecule has 0 aliphatic carbocycles. The highest BCUT2D eigenvalue weighted by Gasteiger charge is 2.14. The fourth-order valence-corrected chi connectivity index (χ4v) is 2.97. The van der Waals surface area contributed by atoms with Gasteiger partial charge in [0, 0.05) is 10.9 Å². The molecule has 0 aliphatic heterocycles. The van der Waals surface area contributed by atoms with Gasteiger partial charge in [0.2, 0.25) is 0 Å². The van der Waals surface area contributed by atoms with Crippen molar-refractivity contribution in [3.8, 4) is 0 Å². The maximum atomic E-state index is 5.72. The molecule has 0 spiro atoms. The first-order chi connectivity index (χ1) is 7.66. The molecule has 0 saturated heterocycles. The minimum Gasteiger partial charge on any atom is -0.389 e. The van der Waals surface area contributed by atoms with E-state index in [1.165, 1.54) is 4.88 Å². The number of nitrogens with two attached hydrogens (primary N) is 1. The van der Waals surface area contributed by atoms with Crippen molar-refractivity contribution in [2.45, 2.75) is 26.4 Å². The lowest BCUT2D eigenvalue weighted by atomic mass is 10.3. The number of aromatic nitrogens is 1. The van der Waals surface area contributed by atoms with Crippen LogP contribution in [0.2, 0.25) is 0 Å². The van der Waals surface area contributed by atoms with E-state index in [0.717, 1.165) is 16.7 Å². The van der Waals surface area contributed by atoms with E-state index in [2.05, 4.69) is 41.2 Å². The van der Waals surface area contributed by atoms with E-state index < -0.39 is 0 Å². The summed E-state index contributed by atoms with van der Waals surface area (Å²) in [6.45, 7) is 5.25. The van der Waals surface area contributed by atoms with Crippen LogP contribution in [0.4, 0.5) is 10.1 Å². The van der Waals surface area contributed by atoms with Gasteiger partial charge in [-0.1, -0.05) is 17.4 Å². The smallest absolute Gasteiger partial charge is 0.187 e. The number of hydrogen-bond acceptors (Lipinski definition) is 5. The number of rotatable bonds is 4. The normalized spacial score (nSPS) is 10.9. The second kappa shape index (κ2) is 4.84. The van der Waals surface area contributed by atoms with Crippen LogP contribution in [-0.2, 0) is 6.54 Å². The second-order valence-electron chi connectivity index (χ2n) is 3.85. The van der Waals surface area contributed by atoms with Crippen LogP contribution < -0.4 is 10.6 Å². The average molecular weight is 253 g/mol. The molecule has 2 N–H and O–H groups in total. The fourth-order valence-electron chi connectivity index (χ4n) is 1.45. The molecule has 0 fully saturated rings. The topological polar surface area (TPSA) is 42.2 Å². The molecule has 0 amide bonds.